The molecule has 0 unspecified atom stereocenters. The van der Waals surface area contributed by atoms with Crippen molar-refractivity contribution < 1.29 is 0 Å². The number of anilines is 1. The molecule has 160 valence electrons. The van der Waals surface area contributed by atoms with E-state index in [1.54, 1.807) is 12.4 Å². The first-order chi connectivity index (χ1) is 15.7. The van der Waals surface area contributed by atoms with Crippen LogP contribution < -0.4 is 4.90 Å². The molecule has 5 heteroatoms. The minimum absolute atomic E-state index is 0.186. The van der Waals surface area contributed by atoms with Crippen LogP contribution in [0.4, 0.5) is 5.69 Å². The summed E-state index contributed by atoms with van der Waals surface area (Å²) in [6.07, 6.45) is 10.2. The summed E-state index contributed by atoms with van der Waals surface area (Å²) in [6, 6.07) is 18.4. The second-order valence-corrected chi connectivity index (χ2v) is 9.12. The van der Waals surface area contributed by atoms with Crippen LogP contribution in [0.2, 0.25) is 0 Å². The molecule has 1 N–H and O–H groups in total. The van der Waals surface area contributed by atoms with Gasteiger partial charge < -0.3 is 9.88 Å². The van der Waals surface area contributed by atoms with Gasteiger partial charge in [0.2, 0.25) is 0 Å². The van der Waals surface area contributed by atoms with Crippen molar-refractivity contribution in [1.82, 2.24) is 19.9 Å². The smallest absolute Gasteiger partial charge is 0.195 e. The third kappa shape index (κ3) is 3.20. The van der Waals surface area contributed by atoms with E-state index in [-0.39, 0.29) is 5.41 Å². The summed E-state index contributed by atoms with van der Waals surface area (Å²) >= 11 is 0. The molecule has 1 fully saturated rings. The minimum Gasteiger partial charge on any atom is -0.365 e. The number of imidazole rings is 1. The number of aromatic amines is 1. The molecule has 0 atom stereocenters. The Morgan fingerprint density at radius 2 is 1.69 bits per heavy atom. The Morgan fingerprint density at radius 3 is 2.34 bits per heavy atom. The highest BCUT2D eigenvalue weighted by atomic mass is 15.1. The molecule has 6 rings (SSSR count). The number of H-pyrrole nitrogens is 1. The lowest BCUT2D eigenvalue weighted by molar-refractivity contribution is 0.301. The monoisotopic (exact) mass is 421 g/mol. The Hall–Kier alpha value is -3.47. The van der Waals surface area contributed by atoms with E-state index in [0.717, 1.165) is 31.0 Å². The molecule has 2 aromatic carbocycles. The number of fused-ring (bicyclic) bond motifs is 1. The third-order valence-corrected chi connectivity index (χ3v) is 7.25. The number of aryl methyl sites for hydroxylation is 1. The molecule has 0 bridgehead atoms. The van der Waals surface area contributed by atoms with Gasteiger partial charge in [-0.25, -0.2) is 15.0 Å². The van der Waals surface area contributed by atoms with E-state index in [1.165, 1.54) is 47.2 Å². The fraction of sp³-hybridized carbons (Fsp3) is 0.296. The van der Waals surface area contributed by atoms with Crippen molar-refractivity contribution in [3.05, 3.63) is 95.1 Å². The second-order valence-electron chi connectivity index (χ2n) is 9.12. The van der Waals surface area contributed by atoms with Crippen molar-refractivity contribution in [2.45, 2.75) is 44.6 Å². The molecule has 1 aliphatic carbocycles. The van der Waals surface area contributed by atoms with Crippen molar-refractivity contribution in [2.75, 3.05) is 11.4 Å². The van der Waals surface area contributed by atoms with Crippen molar-refractivity contribution in [3.8, 4) is 11.6 Å². The average molecular weight is 422 g/mol. The molecule has 2 aliphatic rings. The van der Waals surface area contributed by atoms with Crippen LogP contribution in [0.1, 0.15) is 47.2 Å². The quantitative estimate of drug-likeness (QED) is 0.492. The molecule has 0 saturated heterocycles. The summed E-state index contributed by atoms with van der Waals surface area (Å²) in [6.45, 7) is 3.94. The van der Waals surface area contributed by atoms with Gasteiger partial charge in [0.25, 0.3) is 0 Å². The summed E-state index contributed by atoms with van der Waals surface area (Å²) < 4.78 is 0. The van der Waals surface area contributed by atoms with E-state index < -0.39 is 0 Å². The van der Waals surface area contributed by atoms with Gasteiger partial charge in [0.05, 0.1) is 12.2 Å². The van der Waals surface area contributed by atoms with Gasteiger partial charge in [-0.3, -0.25) is 0 Å². The van der Waals surface area contributed by atoms with Crippen LogP contribution in [0, 0.1) is 6.92 Å². The molecule has 1 aliphatic heterocycles. The fourth-order valence-corrected chi connectivity index (χ4v) is 5.16. The normalized spacial score (nSPS) is 17.0. The molecule has 32 heavy (non-hydrogen) atoms. The molecular formula is C27H27N5. The maximum absolute atomic E-state index is 4.81. The van der Waals surface area contributed by atoms with Gasteiger partial charge in [-0.05, 0) is 55.0 Å². The van der Waals surface area contributed by atoms with Gasteiger partial charge in [-0.1, -0.05) is 48.4 Å². The molecule has 1 saturated carbocycles. The van der Waals surface area contributed by atoms with E-state index in [4.69, 9.17) is 4.98 Å². The molecule has 4 aromatic rings. The van der Waals surface area contributed by atoms with E-state index >= 15 is 0 Å². The van der Waals surface area contributed by atoms with Crippen molar-refractivity contribution in [1.29, 1.82) is 0 Å². The highest BCUT2D eigenvalue weighted by Crippen LogP contribution is 2.49. The van der Waals surface area contributed by atoms with Crippen LogP contribution in [-0.2, 0) is 18.4 Å². The average Bonchev–Trinajstić information content (AvgIpc) is 3.34. The number of benzene rings is 2. The molecule has 2 aromatic heterocycles. The first-order valence-corrected chi connectivity index (χ1v) is 11.5. The first kappa shape index (κ1) is 19.2. The van der Waals surface area contributed by atoms with Crippen LogP contribution in [0.3, 0.4) is 0 Å². The topological polar surface area (TPSA) is 57.7 Å². The van der Waals surface area contributed by atoms with Crippen LogP contribution >= 0.6 is 0 Å². The van der Waals surface area contributed by atoms with Crippen molar-refractivity contribution in [2.24, 2.45) is 0 Å². The van der Waals surface area contributed by atoms with Crippen molar-refractivity contribution >= 4 is 5.69 Å². The zero-order valence-corrected chi connectivity index (χ0v) is 18.4. The maximum atomic E-state index is 4.81. The predicted molar refractivity (Wildman–Crippen MR) is 127 cm³/mol. The predicted octanol–water partition coefficient (Wildman–Crippen LogP) is 5.21. The van der Waals surface area contributed by atoms with Crippen LogP contribution in [-0.4, -0.2) is 26.5 Å². The highest BCUT2D eigenvalue weighted by molar-refractivity contribution is 5.53. The number of hydrogen-bond donors (Lipinski definition) is 1. The van der Waals surface area contributed by atoms with E-state index in [2.05, 4.69) is 75.3 Å². The third-order valence-electron chi connectivity index (χ3n) is 7.25. The largest absolute Gasteiger partial charge is 0.365 e. The summed E-state index contributed by atoms with van der Waals surface area (Å²) in [5, 5.41) is 0. The SMILES string of the molecule is Cc1ccc(C2(c3ccc(N4CCc5cnc(-c6ncc[nH]6)nc5C4)cc3)CCC2)cc1. The molecule has 5 nitrogen and oxygen atoms in total. The molecular weight excluding hydrogens is 394 g/mol. The van der Waals surface area contributed by atoms with E-state index in [1.807, 2.05) is 6.20 Å². The van der Waals surface area contributed by atoms with Gasteiger partial charge in [-0.15, -0.1) is 0 Å². The van der Waals surface area contributed by atoms with Gasteiger partial charge in [0.1, 0.15) is 0 Å². The van der Waals surface area contributed by atoms with Gasteiger partial charge in [0.15, 0.2) is 11.6 Å². The Bertz CT molecular complexity index is 1220. The Kier molecular flexibility index (Phi) is 4.56. The standard InChI is InChI=1S/C27H27N5/c1-19-3-5-21(6-4-19)27(12-2-13-27)22-7-9-23(10-8-22)32-16-11-20-17-30-26(31-24(20)18-32)25-28-14-15-29-25/h3-10,14-15,17H,2,11-13,16,18H2,1H3,(H,28,29). The number of aromatic nitrogens is 4. The summed E-state index contributed by atoms with van der Waals surface area (Å²) in [5.41, 5.74) is 8.00. The second kappa shape index (κ2) is 7.59. The molecule has 0 spiro atoms. The number of hydrogen-bond acceptors (Lipinski definition) is 4. The zero-order valence-electron chi connectivity index (χ0n) is 18.4. The number of nitrogens with one attached hydrogen (secondary N) is 1. The lowest BCUT2D eigenvalue weighted by atomic mass is 9.60. The van der Waals surface area contributed by atoms with Crippen LogP contribution in [0.25, 0.3) is 11.6 Å². The van der Waals surface area contributed by atoms with Gasteiger partial charge >= 0.3 is 0 Å². The molecule has 0 amide bonds. The lowest BCUT2D eigenvalue weighted by Gasteiger charge is -2.43. The summed E-state index contributed by atoms with van der Waals surface area (Å²) in [4.78, 5) is 19.1. The lowest BCUT2D eigenvalue weighted by Crippen LogP contribution is -2.35. The van der Waals surface area contributed by atoms with Gasteiger partial charge in [0, 0.05) is 36.2 Å². The minimum atomic E-state index is 0.186. The first-order valence-electron chi connectivity index (χ1n) is 11.5. The van der Waals surface area contributed by atoms with Crippen LogP contribution in [0.15, 0.2) is 67.1 Å². The Labute approximate surface area is 188 Å². The maximum Gasteiger partial charge on any atom is 0.195 e. The summed E-state index contributed by atoms with van der Waals surface area (Å²) in [5.74, 6) is 1.38. The Balaban J connectivity index is 1.25. The van der Waals surface area contributed by atoms with E-state index in [9.17, 15) is 0 Å². The number of nitrogens with zero attached hydrogens (tertiary/aromatic N) is 4. The Morgan fingerprint density at radius 1 is 0.938 bits per heavy atom. The molecule has 0 radical (unpaired) electrons. The van der Waals surface area contributed by atoms with Gasteiger partial charge in [-0.2, -0.15) is 0 Å². The fourth-order valence-electron chi connectivity index (χ4n) is 5.16. The van der Waals surface area contributed by atoms with Crippen LogP contribution in [0.5, 0.6) is 0 Å². The van der Waals surface area contributed by atoms with E-state index in [0.29, 0.717) is 5.82 Å². The highest BCUT2D eigenvalue weighted by Gasteiger charge is 2.40. The number of rotatable bonds is 4. The summed E-state index contributed by atoms with van der Waals surface area (Å²) in [7, 11) is 0. The van der Waals surface area contributed by atoms with Crippen molar-refractivity contribution in [3.63, 3.8) is 0 Å². The molecule has 3 heterocycles. The zero-order chi connectivity index (χ0) is 21.5.